The van der Waals surface area contributed by atoms with Crippen LogP contribution in [0.3, 0.4) is 0 Å². The summed E-state index contributed by atoms with van der Waals surface area (Å²) in [4.78, 5) is 15.2. The molecule has 2 aliphatic heterocycles. The molecule has 1 amide bonds. The standard InChI is InChI=1S/C26H21NO5S2/c1-16-3-5-17(6-4-16)14-30-20-9-7-18(11-22(20)29-2)12-24-25(28)27(26(33)34-24)19-8-10-21-23(13-19)32-15-31-21/h3-13H,14-15H2,1-2H3/b24-12+. The molecule has 172 valence electrons. The molecule has 0 N–H and O–H groups in total. The summed E-state index contributed by atoms with van der Waals surface area (Å²) in [5, 5.41) is 0. The van der Waals surface area contributed by atoms with Crippen LogP contribution in [-0.4, -0.2) is 24.1 Å². The van der Waals surface area contributed by atoms with E-state index in [9.17, 15) is 4.79 Å². The lowest BCUT2D eigenvalue weighted by Crippen LogP contribution is -2.27. The number of fused-ring (bicyclic) bond motifs is 1. The highest BCUT2D eigenvalue weighted by Crippen LogP contribution is 2.41. The maximum Gasteiger partial charge on any atom is 0.270 e. The van der Waals surface area contributed by atoms with Gasteiger partial charge in [0.05, 0.1) is 17.7 Å². The molecule has 8 heteroatoms. The van der Waals surface area contributed by atoms with E-state index in [2.05, 4.69) is 19.1 Å². The van der Waals surface area contributed by atoms with E-state index in [-0.39, 0.29) is 12.7 Å². The first kappa shape index (κ1) is 22.3. The molecule has 5 rings (SSSR count). The predicted octanol–water partition coefficient (Wildman–Crippen LogP) is 5.72. The van der Waals surface area contributed by atoms with Crippen LogP contribution in [0, 0.1) is 6.92 Å². The number of benzene rings is 3. The number of carbonyl (C=O) groups excluding carboxylic acids is 1. The van der Waals surface area contributed by atoms with Gasteiger partial charge in [0.1, 0.15) is 6.61 Å². The number of thiocarbonyl (C=S) groups is 1. The Hall–Kier alpha value is -3.49. The zero-order valence-corrected chi connectivity index (χ0v) is 20.2. The molecule has 3 aromatic carbocycles. The van der Waals surface area contributed by atoms with Gasteiger partial charge in [-0.25, -0.2) is 0 Å². The van der Waals surface area contributed by atoms with E-state index in [1.54, 1.807) is 31.4 Å². The quantitative estimate of drug-likeness (QED) is 0.323. The predicted molar refractivity (Wildman–Crippen MR) is 137 cm³/mol. The number of nitrogens with zero attached hydrogens (tertiary/aromatic N) is 1. The molecule has 0 radical (unpaired) electrons. The Labute approximate surface area is 207 Å². The van der Waals surface area contributed by atoms with Crippen molar-refractivity contribution in [3.05, 3.63) is 82.3 Å². The van der Waals surface area contributed by atoms with Crippen LogP contribution in [-0.2, 0) is 11.4 Å². The Morgan fingerprint density at radius 3 is 2.62 bits per heavy atom. The highest BCUT2D eigenvalue weighted by molar-refractivity contribution is 8.27. The lowest BCUT2D eigenvalue weighted by molar-refractivity contribution is -0.113. The SMILES string of the molecule is COc1cc(/C=C2/SC(=S)N(c3ccc4c(c3)OCO4)C2=O)ccc1OCc1ccc(C)cc1. The first-order chi connectivity index (χ1) is 16.5. The number of ether oxygens (including phenoxy) is 4. The van der Waals surface area contributed by atoms with E-state index >= 15 is 0 Å². The third-order valence-corrected chi connectivity index (χ3v) is 6.71. The number of hydrogen-bond acceptors (Lipinski definition) is 7. The van der Waals surface area contributed by atoms with Crippen LogP contribution in [0.2, 0.25) is 0 Å². The van der Waals surface area contributed by atoms with Crippen molar-refractivity contribution in [2.24, 2.45) is 0 Å². The third-order valence-electron chi connectivity index (χ3n) is 5.41. The third kappa shape index (κ3) is 4.47. The highest BCUT2D eigenvalue weighted by atomic mass is 32.2. The lowest BCUT2D eigenvalue weighted by Gasteiger charge is -2.14. The minimum absolute atomic E-state index is 0.170. The molecule has 0 aromatic heterocycles. The number of carbonyl (C=O) groups is 1. The molecule has 3 aromatic rings. The van der Waals surface area contributed by atoms with Crippen molar-refractivity contribution in [1.82, 2.24) is 0 Å². The van der Waals surface area contributed by atoms with Crippen molar-refractivity contribution in [3.8, 4) is 23.0 Å². The summed E-state index contributed by atoms with van der Waals surface area (Å²) >= 11 is 6.75. The first-order valence-electron chi connectivity index (χ1n) is 10.6. The van der Waals surface area contributed by atoms with E-state index in [0.29, 0.717) is 44.5 Å². The van der Waals surface area contributed by atoms with E-state index in [4.69, 9.17) is 31.2 Å². The van der Waals surface area contributed by atoms with Gasteiger partial charge >= 0.3 is 0 Å². The summed E-state index contributed by atoms with van der Waals surface area (Å²) in [5.41, 5.74) is 3.73. The van der Waals surface area contributed by atoms with Gasteiger partial charge in [-0.15, -0.1) is 0 Å². The van der Waals surface area contributed by atoms with Crippen molar-refractivity contribution >= 4 is 46.0 Å². The van der Waals surface area contributed by atoms with Crippen LogP contribution in [0.4, 0.5) is 5.69 Å². The second-order valence-electron chi connectivity index (χ2n) is 7.74. The molecule has 0 saturated carbocycles. The van der Waals surface area contributed by atoms with Crippen LogP contribution >= 0.6 is 24.0 Å². The normalized spacial score (nSPS) is 15.8. The molecule has 1 saturated heterocycles. The van der Waals surface area contributed by atoms with Gasteiger partial charge in [0, 0.05) is 6.07 Å². The van der Waals surface area contributed by atoms with Crippen LogP contribution in [0.15, 0.2) is 65.6 Å². The van der Waals surface area contributed by atoms with Crippen LogP contribution < -0.4 is 23.8 Å². The van der Waals surface area contributed by atoms with Crippen LogP contribution in [0.5, 0.6) is 23.0 Å². The molecule has 0 unspecified atom stereocenters. The summed E-state index contributed by atoms with van der Waals surface area (Å²) in [6.45, 7) is 2.66. The van der Waals surface area contributed by atoms with E-state index in [0.717, 1.165) is 11.1 Å². The van der Waals surface area contributed by atoms with Crippen molar-refractivity contribution in [2.45, 2.75) is 13.5 Å². The summed E-state index contributed by atoms with van der Waals surface area (Å²) in [7, 11) is 1.59. The summed E-state index contributed by atoms with van der Waals surface area (Å²) < 4.78 is 22.7. The molecule has 2 heterocycles. The molecule has 0 bridgehead atoms. The molecular formula is C26H21NO5S2. The Morgan fingerprint density at radius 2 is 1.82 bits per heavy atom. The Kier molecular flexibility index (Phi) is 6.17. The lowest BCUT2D eigenvalue weighted by atomic mass is 10.1. The van der Waals surface area contributed by atoms with Gasteiger partial charge in [-0.05, 0) is 48.4 Å². The average Bonchev–Trinajstić information content (AvgIpc) is 3.42. The van der Waals surface area contributed by atoms with Gasteiger partial charge in [0.15, 0.2) is 27.3 Å². The topological polar surface area (TPSA) is 57.2 Å². The minimum atomic E-state index is -0.187. The zero-order chi connectivity index (χ0) is 23.7. The number of rotatable bonds is 6. The smallest absolute Gasteiger partial charge is 0.270 e. The summed E-state index contributed by atoms with van der Waals surface area (Å²) in [6.07, 6.45) is 1.80. The van der Waals surface area contributed by atoms with Crippen LogP contribution in [0.1, 0.15) is 16.7 Å². The van der Waals surface area contributed by atoms with Gasteiger partial charge in [-0.1, -0.05) is 59.9 Å². The van der Waals surface area contributed by atoms with Crippen molar-refractivity contribution < 1.29 is 23.7 Å². The van der Waals surface area contributed by atoms with Gasteiger partial charge in [0.2, 0.25) is 6.79 Å². The number of methoxy groups -OCH3 is 1. The molecule has 6 nitrogen and oxygen atoms in total. The second kappa shape index (κ2) is 9.40. The van der Waals surface area contributed by atoms with E-state index < -0.39 is 0 Å². The number of aryl methyl sites for hydroxylation is 1. The molecular weight excluding hydrogens is 470 g/mol. The monoisotopic (exact) mass is 491 g/mol. The maximum absolute atomic E-state index is 13.1. The van der Waals surface area contributed by atoms with Crippen LogP contribution in [0.25, 0.3) is 6.08 Å². The van der Waals surface area contributed by atoms with Crippen molar-refractivity contribution in [3.63, 3.8) is 0 Å². The van der Waals surface area contributed by atoms with E-state index in [1.165, 1.54) is 22.2 Å². The molecule has 0 atom stereocenters. The largest absolute Gasteiger partial charge is 0.493 e. The maximum atomic E-state index is 13.1. The summed E-state index contributed by atoms with van der Waals surface area (Å²) in [6, 6.07) is 19.1. The average molecular weight is 492 g/mol. The number of anilines is 1. The van der Waals surface area contributed by atoms with Crippen molar-refractivity contribution in [1.29, 1.82) is 0 Å². The fraction of sp³-hybridized carbons (Fsp3) is 0.154. The Bertz CT molecular complexity index is 1300. The number of hydrogen-bond donors (Lipinski definition) is 0. The fourth-order valence-electron chi connectivity index (χ4n) is 3.60. The molecule has 0 aliphatic carbocycles. The van der Waals surface area contributed by atoms with Gasteiger partial charge < -0.3 is 18.9 Å². The fourth-order valence-corrected chi connectivity index (χ4v) is 4.90. The minimum Gasteiger partial charge on any atom is -0.493 e. The first-order valence-corrected chi connectivity index (χ1v) is 11.8. The Morgan fingerprint density at radius 1 is 1.03 bits per heavy atom. The number of thioether (sulfide) groups is 1. The second-order valence-corrected chi connectivity index (χ2v) is 9.42. The molecule has 2 aliphatic rings. The van der Waals surface area contributed by atoms with Gasteiger partial charge in [-0.2, -0.15) is 0 Å². The highest BCUT2D eigenvalue weighted by Gasteiger charge is 2.34. The zero-order valence-electron chi connectivity index (χ0n) is 18.6. The molecule has 34 heavy (non-hydrogen) atoms. The molecule has 1 fully saturated rings. The Balaban J connectivity index is 1.34. The molecule has 0 spiro atoms. The van der Waals surface area contributed by atoms with Crippen molar-refractivity contribution in [2.75, 3.05) is 18.8 Å². The summed E-state index contributed by atoms with van der Waals surface area (Å²) in [5.74, 6) is 2.29. The van der Waals surface area contributed by atoms with E-state index in [1.807, 2.05) is 30.3 Å². The number of amides is 1. The van der Waals surface area contributed by atoms with Gasteiger partial charge in [0.25, 0.3) is 5.91 Å². The van der Waals surface area contributed by atoms with Gasteiger partial charge in [-0.3, -0.25) is 9.69 Å².